The number of rotatable bonds is 3. The molecule has 84 valence electrons. The van der Waals surface area contributed by atoms with E-state index in [-0.39, 0.29) is 16.9 Å². The van der Waals surface area contributed by atoms with E-state index >= 15 is 0 Å². The van der Waals surface area contributed by atoms with E-state index in [1.54, 1.807) is 18.2 Å². The van der Waals surface area contributed by atoms with Crippen molar-refractivity contribution in [1.82, 2.24) is 0 Å². The van der Waals surface area contributed by atoms with Gasteiger partial charge < -0.3 is 5.32 Å². The van der Waals surface area contributed by atoms with E-state index in [4.69, 9.17) is 10.5 Å². The molecule has 1 aromatic carbocycles. The van der Waals surface area contributed by atoms with Crippen LogP contribution < -0.4 is 5.32 Å². The molecule has 1 rings (SSSR count). The fourth-order valence-electron chi connectivity index (χ4n) is 1.06. The minimum atomic E-state index is -0.557. The van der Waals surface area contributed by atoms with Crippen molar-refractivity contribution in [3.05, 3.63) is 44.6 Å². The van der Waals surface area contributed by atoms with Gasteiger partial charge in [-0.25, -0.2) is 0 Å². The highest BCUT2D eigenvalue weighted by atomic mass is 79.9. The summed E-state index contributed by atoms with van der Waals surface area (Å²) in [5.41, 5.74) is -0.120. The number of nitro benzene ring substituents is 1. The van der Waals surface area contributed by atoms with Gasteiger partial charge in [0.2, 0.25) is 0 Å². The molecule has 0 saturated carbocycles. The Morgan fingerprint density at radius 3 is 2.65 bits per heavy atom. The van der Waals surface area contributed by atoms with Crippen LogP contribution >= 0.6 is 15.9 Å². The Morgan fingerprint density at radius 1 is 1.47 bits per heavy atom. The number of nitriles is 2. The molecule has 6 nitrogen and oxygen atoms in total. The first kappa shape index (κ1) is 12.7. The number of allylic oxidation sites excluding steroid dienone is 1. The van der Waals surface area contributed by atoms with Gasteiger partial charge in [-0.05, 0) is 28.1 Å². The van der Waals surface area contributed by atoms with Gasteiger partial charge in [-0.3, -0.25) is 10.1 Å². The van der Waals surface area contributed by atoms with Crippen LogP contribution in [0.25, 0.3) is 0 Å². The standard InChI is InChI=1S/C10H5BrN4O2/c11-8-2-1-3-9(10(8)15(16)17)14-6-7(4-12)5-13/h1-3,6,14H. The highest BCUT2D eigenvalue weighted by Crippen LogP contribution is 2.32. The number of benzene rings is 1. The van der Waals surface area contributed by atoms with E-state index in [9.17, 15) is 10.1 Å². The molecule has 7 heteroatoms. The fourth-order valence-corrected chi connectivity index (χ4v) is 1.57. The largest absolute Gasteiger partial charge is 0.354 e. The lowest BCUT2D eigenvalue weighted by Gasteiger charge is -2.03. The lowest BCUT2D eigenvalue weighted by atomic mass is 10.2. The van der Waals surface area contributed by atoms with Gasteiger partial charge in [-0.2, -0.15) is 10.5 Å². The van der Waals surface area contributed by atoms with Crippen molar-refractivity contribution < 1.29 is 4.92 Å². The Morgan fingerprint density at radius 2 is 2.12 bits per heavy atom. The summed E-state index contributed by atoms with van der Waals surface area (Å²) in [6.45, 7) is 0. The smallest absolute Gasteiger partial charge is 0.306 e. The van der Waals surface area contributed by atoms with Crippen LogP contribution in [0.5, 0.6) is 0 Å². The summed E-state index contributed by atoms with van der Waals surface area (Å²) in [4.78, 5) is 10.3. The molecule has 0 aromatic heterocycles. The number of anilines is 1. The topological polar surface area (TPSA) is 103 Å². The van der Waals surface area contributed by atoms with Gasteiger partial charge in [0.15, 0.2) is 0 Å². The second-order valence-electron chi connectivity index (χ2n) is 2.82. The van der Waals surface area contributed by atoms with Gasteiger partial charge in [0.25, 0.3) is 0 Å². The zero-order valence-electron chi connectivity index (χ0n) is 8.35. The Labute approximate surface area is 105 Å². The molecule has 0 radical (unpaired) electrons. The molecule has 0 spiro atoms. The summed E-state index contributed by atoms with van der Waals surface area (Å²) in [6.07, 6.45) is 1.12. The van der Waals surface area contributed by atoms with Crippen LogP contribution in [0, 0.1) is 32.8 Å². The number of nitro groups is 1. The van der Waals surface area contributed by atoms with Crippen molar-refractivity contribution in [2.75, 3.05) is 5.32 Å². The first-order valence-corrected chi connectivity index (χ1v) is 5.09. The molecule has 17 heavy (non-hydrogen) atoms. The van der Waals surface area contributed by atoms with Gasteiger partial charge in [0, 0.05) is 6.20 Å². The summed E-state index contributed by atoms with van der Waals surface area (Å²) >= 11 is 3.06. The zero-order valence-corrected chi connectivity index (χ0v) is 9.93. The summed E-state index contributed by atoms with van der Waals surface area (Å²) in [6, 6.07) is 7.89. The molecular formula is C10H5BrN4O2. The van der Waals surface area contributed by atoms with E-state index < -0.39 is 4.92 Å². The van der Waals surface area contributed by atoms with E-state index in [1.807, 2.05) is 0 Å². The molecule has 0 amide bonds. The van der Waals surface area contributed by atoms with Crippen LogP contribution in [0.15, 0.2) is 34.4 Å². The number of para-hydroxylation sites is 1. The van der Waals surface area contributed by atoms with Crippen molar-refractivity contribution in [1.29, 1.82) is 10.5 Å². The number of halogens is 1. The second kappa shape index (κ2) is 5.64. The monoisotopic (exact) mass is 292 g/mol. The van der Waals surface area contributed by atoms with Gasteiger partial charge in [-0.1, -0.05) is 6.07 Å². The zero-order chi connectivity index (χ0) is 12.8. The van der Waals surface area contributed by atoms with E-state index in [0.29, 0.717) is 4.47 Å². The molecule has 0 saturated heterocycles. The van der Waals surface area contributed by atoms with Crippen LogP contribution in [0.3, 0.4) is 0 Å². The second-order valence-corrected chi connectivity index (χ2v) is 3.67. The van der Waals surface area contributed by atoms with Crippen LogP contribution in [-0.2, 0) is 0 Å². The van der Waals surface area contributed by atoms with Crippen LogP contribution in [0.4, 0.5) is 11.4 Å². The highest BCUT2D eigenvalue weighted by Gasteiger charge is 2.17. The SMILES string of the molecule is N#CC(C#N)=CNc1cccc(Br)c1[N+](=O)[O-]. The lowest BCUT2D eigenvalue weighted by Crippen LogP contribution is -1.97. The van der Waals surface area contributed by atoms with Crippen LogP contribution in [0.1, 0.15) is 0 Å². The molecule has 0 heterocycles. The first-order valence-electron chi connectivity index (χ1n) is 4.30. The average molecular weight is 293 g/mol. The fraction of sp³-hybridized carbons (Fsp3) is 0. The van der Waals surface area contributed by atoms with Crippen molar-refractivity contribution in [2.45, 2.75) is 0 Å². The Bertz CT molecular complexity index is 553. The number of nitrogens with zero attached hydrogens (tertiary/aromatic N) is 3. The van der Waals surface area contributed by atoms with Gasteiger partial charge in [-0.15, -0.1) is 0 Å². The predicted octanol–water partition coefficient (Wildman–Crippen LogP) is 2.70. The molecule has 0 aliphatic heterocycles. The molecular weight excluding hydrogens is 288 g/mol. The summed E-state index contributed by atoms with van der Waals surface area (Å²) in [7, 11) is 0. The van der Waals surface area contributed by atoms with Gasteiger partial charge in [0.05, 0.1) is 9.40 Å². The molecule has 0 aliphatic rings. The third kappa shape index (κ3) is 3.03. The van der Waals surface area contributed by atoms with E-state index in [1.165, 1.54) is 12.1 Å². The van der Waals surface area contributed by atoms with E-state index in [0.717, 1.165) is 6.20 Å². The quantitative estimate of drug-likeness (QED) is 0.524. The minimum absolute atomic E-state index is 0.154. The summed E-state index contributed by atoms with van der Waals surface area (Å²) in [5.74, 6) is 0. The van der Waals surface area contributed by atoms with Crippen LogP contribution in [-0.4, -0.2) is 4.92 Å². The molecule has 0 unspecified atom stereocenters. The van der Waals surface area contributed by atoms with Crippen molar-refractivity contribution in [2.24, 2.45) is 0 Å². The Kier molecular flexibility index (Phi) is 4.21. The third-order valence-electron chi connectivity index (χ3n) is 1.78. The van der Waals surface area contributed by atoms with E-state index in [2.05, 4.69) is 21.2 Å². The predicted molar refractivity (Wildman–Crippen MR) is 63.7 cm³/mol. The molecule has 0 bridgehead atoms. The maximum absolute atomic E-state index is 10.8. The molecule has 0 aliphatic carbocycles. The normalized spacial score (nSPS) is 8.65. The minimum Gasteiger partial charge on any atom is -0.354 e. The Balaban J connectivity index is 3.14. The number of hydrogen-bond acceptors (Lipinski definition) is 5. The molecule has 0 fully saturated rings. The average Bonchev–Trinajstić information content (AvgIpc) is 2.29. The lowest BCUT2D eigenvalue weighted by molar-refractivity contribution is -0.384. The summed E-state index contributed by atoms with van der Waals surface area (Å²) in [5, 5.41) is 30.4. The first-order chi connectivity index (χ1) is 8.10. The highest BCUT2D eigenvalue weighted by molar-refractivity contribution is 9.10. The number of nitrogens with one attached hydrogen (secondary N) is 1. The third-order valence-corrected chi connectivity index (χ3v) is 2.42. The summed E-state index contributed by atoms with van der Waals surface area (Å²) < 4.78 is 0.316. The Hall–Kier alpha value is -2.38. The molecule has 1 N–H and O–H groups in total. The van der Waals surface area contributed by atoms with Crippen molar-refractivity contribution in [3.63, 3.8) is 0 Å². The maximum Gasteiger partial charge on any atom is 0.306 e. The maximum atomic E-state index is 10.8. The van der Waals surface area contributed by atoms with Gasteiger partial charge in [0.1, 0.15) is 23.4 Å². The van der Waals surface area contributed by atoms with Crippen molar-refractivity contribution in [3.8, 4) is 12.1 Å². The molecule has 0 atom stereocenters. The van der Waals surface area contributed by atoms with Crippen molar-refractivity contribution >= 4 is 27.3 Å². The van der Waals surface area contributed by atoms with Gasteiger partial charge >= 0.3 is 5.69 Å². The number of hydrogen-bond donors (Lipinski definition) is 1. The van der Waals surface area contributed by atoms with Crippen LogP contribution in [0.2, 0.25) is 0 Å². The molecule has 1 aromatic rings.